The number of alkyl halides is 3. The SMILES string of the molecule is CC1CCCC1CNc1cc(Cl)nc(C(F)(F)F)n1. The van der Waals surface area contributed by atoms with Gasteiger partial charge in [-0.1, -0.05) is 31.4 Å². The summed E-state index contributed by atoms with van der Waals surface area (Å²) in [6.45, 7) is 2.78. The highest BCUT2D eigenvalue weighted by molar-refractivity contribution is 6.29. The molecule has 1 saturated carbocycles. The van der Waals surface area contributed by atoms with Crippen molar-refractivity contribution in [3.8, 4) is 0 Å². The number of aromatic nitrogens is 2. The molecule has 0 saturated heterocycles. The number of halogens is 4. The Kier molecular flexibility index (Phi) is 4.18. The number of nitrogens with zero attached hydrogens (tertiary/aromatic N) is 2. The largest absolute Gasteiger partial charge is 0.451 e. The number of anilines is 1. The molecule has 1 heterocycles. The van der Waals surface area contributed by atoms with Crippen LogP contribution < -0.4 is 5.32 Å². The van der Waals surface area contributed by atoms with Gasteiger partial charge in [0, 0.05) is 12.6 Å². The summed E-state index contributed by atoms with van der Waals surface area (Å²) in [6.07, 6.45) is -1.14. The monoisotopic (exact) mass is 293 g/mol. The Balaban J connectivity index is 2.06. The molecule has 1 fully saturated rings. The van der Waals surface area contributed by atoms with Crippen LogP contribution in [-0.4, -0.2) is 16.5 Å². The van der Waals surface area contributed by atoms with Gasteiger partial charge < -0.3 is 5.32 Å². The molecule has 0 aromatic carbocycles. The molecule has 0 amide bonds. The van der Waals surface area contributed by atoms with Crippen LogP contribution in [0.5, 0.6) is 0 Å². The topological polar surface area (TPSA) is 37.8 Å². The molecule has 1 N–H and O–H groups in total. The summed E-state index contributed by atoms with van der Waals surface area (Å²) in [5, 5.41) is 2.73. The van der Waals surface area contributed by atoms with Gasteiger partial charge in [-0.15, -0.1) is 0 Å². The zero-order valence-electron chi connectivity index (χ0n) is 10.5. The molecule has 2 atom stereocenters. The van der Waals surface area contributed by atoms with Gasteiger partial charge in [-0.3, -0.25) is 0 Å². The van der Waals surface area contributed by atoms with Crippen LogP contribution in [0.3, 0.4) is 0 Å². The number of nitrogens with one attached hydrogen (secondary N) is 1. The van der Waals surface area contributed by atoms with Crippen molar-refractivity contribution in [2.24, 2.45) is 11.8 Å². The van der Waals surface area contributed by atoms with E-state index in [1.54, 1.807) is 0 Å². The average molecular weight is 294 g/mol. The first-order valence-electron chi connectivity index (χ1n) is 6.22. The molecule has 0 radical (unpaired) electrons. The Morgan fingerprint density at radius 2 is 2.11 bits per heavy atom. The fourth-order valence-corrected chi connectivity index (χ4v) is 2.58. The molecule has 3 nitrogen and oxygen atoms in total. The van der Waals surface area contributed by atoms with Crippen LogP contribution in [0.15, 0.2) is 6.07 Å². The van der Waals surface area contributed by atoms with Gasteiger partial charge in [-0.2, -0.15) is 13.2 Å². The lowest BCUT2D eigenvalue weighted by Crippen LogP contribution is -2.19. The van der Waals surface area contributed by atoms with Crippen molar-refractivity contribution in [1.82, 2.24) is 9.97 Å². The van der Waals surface area contributed by atoms with E-state index in [1.807, 2.05) is 0 Å². The van der Waals surface area contributed by atoms with Gasteiger partial charge in [0.25, 0.3) is 0 Å². The zero-order chi connectivity index (χ0) is 14.0. The third-order valence-corrected chi connectivity index (χ3v) is 3.73. The van der Waals surface area contributed by atoms with Crippen LogP contribution in [0.2, 0.25) is 5.15 Å². The van der Waals surface area contributed by atoms with Gasteiger partial charge in [0.15, 0.2) is 0 Å². The predicted molar refractivity (Wildman–Crippen MR) is 67.0 cm³/mol. The Morgan fingerprint density at radius 3 is 2.68 bits per heavy atom. The van der Waals surface area contributed by atoms with Gasteiger partial charge in [0.2, 0.25) is 5.82 Å². The second kappa shape index (κ2) is 5.53. The van der Waals surface area contributed by atoms with Gasteiger partial charge in [-0.25, -0.2) is 9.97 Å². The minimum atomic E-state index is -4.58. The van der Waals surface area contributed by atoms with Crippen molar-refractivity contribution in [3.63, 3.8) is 0 Å². The van der Waals surface area contributed by atoms with E-state index in [0.717, 1.165) is 6.42 Å². The fourth-order valence-electron chi connectivity index (χ4n) is 2.40. The fraction of sp³-hybridized carbons (Fsp3) is 0.667. The average Bonchev–Trinajstić information content (AvgIpc) is 2.70. The maximum atomic E-state index is 12.5. The third kappa shape index (κ3) is 3.72. The number of hydrogen-bond donors (Lipinski definition) is 1. The van der Waals surface area contributed by atoms with Crippen molar-refractivity contribution < 1.29 is 13.2 Å². The summed E-state index contributed by atoms with van der Waals surface area (Å²) in [5.41, 5.74) is 0. The van der Waals surface area contributed by atoms with Gasteiger partial charge in [-0.05, 0) is 18.3 Å². The molecule has 7 heteroatoms. The van der Waals surface area contributed by atoms with Crippen LogP contribution in [0.25, 0.3) is 0 Å². The summed E-state index contributed by atoms with van der Waals surface area (Å²) in [6, 6.07) is 1.32. The van der Waals surface area contributed by atoms with Crippen LogP contribution in [0.1, 0.15) is 32.0 Å². The highest BCUT2D eigenvalue weighted by atomic mass is 35.5. The molecule has 0 aliphatic heterocycles. The van der Waals surface area contributed by atoms with E-state index in [2.05, 4.69) is 22.2 Å². The zero-order valence-corrected chi connectivity index (χ0v) is 11.2. The van der Waals surface area contributed by atoms with E-state index in [9.17, 15) is 13.2 Å². The first kappa shape index (κ1) is 14.4. The maximum absolute atomic E-state index is 12.5. The van der Waals surface area contributed by atoms with Crippen LogP contribution >= 0.6 is 11.6 Å². The van der Waals surface area contributed by atoms with Crippen molar-refractivity contribution >= 4 is 17.4 Å². The Bertz CT molecular complexity index is 450. The van der Waals surface area contributed by atoms with Crippen LogP contribution in [0, 0.1) is 11.8 Å². The Morgan fingerprint density at radius 1 is 1.37 bits per heavy atom. The summed E-state index contributed by atoms with van der Waals surface area (Å²) in [4.78, 5) is 6.65. The minimum Gasteiger partial charge on any atom is -0.370 e. The minimum absolute atomic E-state index is 0.131. The van der Waals surface area contributed by atoms with Gasteiger partial charge in [0.05, 0.1) is 0 Å². The maximum Gasteiger partial charge on any atom is 0.451 e. The quantitative estimate of drug-likeness (QED) is 0.856. The molecule has 2 unspecified atom stereocenters. The van der Waals surface area contributed by atoms with Gasteiger partial charge in [0.1, 0.15) is 11.0 Å². The highest BCUT2D eigenvalue weighted by Crippen LogP contribution is 2.32. The van der Waals surface area contributed by atoms with Crippen LogP contribution in [-0.2, 0) is 6.18 Å². The Labute approximate surface area is 114 Å². The van der Waals surface area contributed by atoms with E-state index in [1.165, 1.54) is 18.9 Å². The molecule has 0 spiro atoms. The third-order valence-electron chi connectivity index (χ3n) is 3.53. The summed E-state index contributed by atoms with van der Waals surface area (Å²) >= 11 is 5.59. The lowest BCUT2D eigenvalue weighted by atomic mass is 9.98. The van der Waals surface area contributed by atoms with E-state index in [0.29, 0.717) is 18.4 Å². The normalized spacial score (nSPS) is 23.6. The molecule has 2 rings (SSSR count). The molecule has 1 aromatic rings. The molecule has 1 aliphatic carbocycles. The lowest BCUT2D eigenvalue weighted by Gasteiger charge is -2.16. The number of rotatable bonds is 3. The number of hydrogen-bond acceptors (Lipinski definition) is 3. The van der Waals surface area contributed by atoms with Gasteiger partial charge >= 0.3 is 6.18 Å². The molecule has 1 aliphatic rings. The second-order valence-electron chi connectivity index (χ2n) is 4.95. The van der Waals surface area contributed by atoms with E-state index >= 15 is 0 Å². The summed E-state index contributed by atoms with van der Waals surface area (Å²) in [7, 11) is 0. The second-order valence-corrected chi connectivity index (χ2v) is 5.33. The first-order valence-corrected chi connectivity index (χ1v) is 6.59. The summed E-state index contributed by atoms with van der Waals surface area (Å²) < 4.78 is 37.6. The van der Waals surface area contributed by atoms with E-state index in [4.69, 9.17) is 11.6 Å². The van der Waals surface area contributed by atoms with Crippen molar-refractivity contribution in [2.75, 3.05) is 11.9 Å². The first-order chi connectivity index (χ1) is 8.86. The molecular formula is C12H15ClF3N3. The molecular weight excluding hydrogens is 279 g/mol. The molecule has 106 valence electrons. The van der Waals surface area contributed by atoms with E-state index < -0.39 is 12.0 Å². The highest BCUT2D eigenvalue weighted by Gasteiger charge is 2.35. The smallest absolute Gasteiger partial charge is 0.370 e. The predicted octanol–water partition coefficient (Wildman–Crippen LogP) is 4.00. The Hall–Kier alpha value is -1.04. The molecule has 1 aromatic heterocycles. The van der Waals surface area contributed by atoms with E-state index in [-0.39, 0.29) is 11.0 Å². The molecule has 0 bridgehead atoms. The molecule has 19 heavy (non-hydrogen) atoms. The standard InChI is InChI=1S/C12H15ClF3N3/c1-7-3-2-4-8(7)6-17-10-5-9(13)18-11(19-10)12(14,15)16/h5,7-8H,2-4,6H2,1H3,(H,17,18,19). The summed E-state index contributed by atoms with van der Waals surface area (Å²) in [5.74, 6) is -0.0108. The van der Waals surface area contributed by atoms with Crippen LogP contribution in [0.4, 0.5) is 19.0 Å². The van der Waals surface area contributed by atoms with Crippen molar-refractivity contribution in [3.05, 3.63) is 17.0 Å². The van der Waals surface area contributed by atoms with Crippen molar-refractivity contribution in [1.29, 1.82) is 0 Å². The lowest BCUT2D eigenvalue weighted by molar-refractivity contribution is -0.144. The van der Waals surface area contributed by atoms with Crippen molar-refractivity contribution in [2.45, 2.75) is 32.4 Å².